The highest BCUT2D eigenvalue weighted by Gasteiger charge is 2.17. The molecule has 1 aromatic heterocycles. The van der Waals surface area contributed by atoms with E-state index in [1.54, 1.807) is 7.11 Å². The Morgan fingerprint density at radius 2 is 1.62 bits per heavy atom. The number of hydrogen-bond acceptors (Lipinski definition) is 5. The number of thioether (sulfide) groups is 1. The lowest BCUT2D eigenvalue weighted by molar-refractivity contribution is 0.415. The standard InChI is InChI=1S/C31H30N2O2S2/c1-31(2,3)24-12-16-26(17-13-24)37(34)19-18-36-30-28(21-32)27(22-8-6-5-7-9-22)20-29(33-30)23-10-14-25(35-4)15-11-23/h5-17,20H,18-19H2,1-4H3. The van der Waals surface area contributed by atoms with Crippen LogP contribution in [0, 0.1) is 11.3 Å². The van der Waals surface area contributed by atoms with Gasteiger partial charge in [-0.2, -0.15) is 5.26 Å². The third-order valence-corrected chi connectivity index (χ3v) is 8.67. The van der Waals surface area contributed by atoms with Crippen LogP contribution in [-0.2, 0) is 16.2 Å². The molecule has 0 N–H and O–H groups in total. The molecule has 0 aliphatic carbocycles. The smallest absolute Gasteiger partial charge is 0.118 e. The first-order valence-electron chi connectivity index (χ1n) is 12.1. The highest BCUT2D eigenvalue weighted by Crippen LogP contribution is 2.34. The fourth-order valence-corrected chi connectivity index (χ4v) is 6.20. The lowest BCUT2D eigenvalue weighted by atomic mass is 9.87. The summed E-state index contributed by atoms with van der Waals surface area (Å²) >= 11 is 1.48. The van der Waals surface area contributed by atoms with Gasteiger partial charge < -0.3 is 4.74 Å². The molecule has 0 bridgehead atoms. The van der Waals surface area contributed by atoms with Crippen LogP contribution in [0.2, 0.25) is 0 Å². The second kappa shape index (κ2) is 11.8. The van der Waals surface area contributed by atoms with Crippen molar-refractivity contribution in [3.8, 4) is 34.2 Å². The number of nitriles is 1. The summed E-state index contributed by atoms with van der Waals surface area (Å²) < 4.78 is 18.3. The Labute approximate surface area is 226 Å². The number of hydrogen-bond donors (Lipinski definition) is 0. The topological polar surface area (TPSA) is 63.0 Å². The molecule has 1 atom stereocenters. The van der Waals surface area contributed by atoms with Gasteiger partial charge in [0.25, 0.3) is 0 Å². The zero-order valence-corrected chi connectivity index (χ0v) is 23.2. The van der Waals surface area contributed by atoms with Crippen LogP contribution in [0.15, 0.2) is 94.9 Å². The van der Waals surface area contributed by atoms with Crippen molar-refractivity contribution >= 4 is 22.6 Å². The highest BCUT2D eigenvalue weighted by molar-refractivity contribution is 8.00. The minimum absolute atomic E-state index is 0.0562. The Hall–Kier alpha value is -3.40. The molecule has 188 valence electrons. The van der Waals surface area contributed by atoms with Crippen LogP contribution in [0.5, 0.6) is 5.75 Å². The maximum Gasteiger partial charge on any atom is 0.118 e. The summed E-state index contributed by atoms with van der Waals surface area (Å²) in [5.41, 5.74) is 5.32. The van der Waals surface area contributed by atoms with Crippen LogP contribution in [0.25, 0.3) is 22.4 Å². The summed E-state index contributed by atoms with van der Waals surface area (Å²) in [4.78, 5) is 5.68. The monoisotopic (exact) mass is 526 g/mol. The summed E-state index contributed by atoms with van der Waals surface area (Å²) in [6, 6.07) is 30.0. The van der Waals surface area contributed by atoms with Gasteiger partial charge in [0.1, 0.15) is 16.8 Å². The summed E-state index contributed by atoms with van der Waals surface area (Å²) in [5.74, 6) is 1.82. The Kier molecular flexibility index (Phi) is 8.48. The van der Waals surface area contributed by atoms with Crippen molar-refractivity contribution in [2.75, 3.05) is 18.6 Å². The average Bonchev–Trinajstić information content (AvgIpc) is 2.92. The van der Waals surface area contributed by atoms with Gasteiger partial charge in [0, 0.05) is 27.5 Å². The molecule has 1 heterocycles. The van der Waals surface area contributed by atoms with Gasteiger partial charge in [0.15, 0.2) is 0 Å². The van der Waals surface area contributed by atoms with Crippen LogP contribution in [0.3, 0.4) is 0 Å². The lowest BCUT2D eigenvalue weighted by Gasteiger charge is -2.19. The first-order valence-corrected chi connectivity index (χ1v) is 14.4. The predicted molar refractivity (Wildman–Crippen MR) is 154 cm³/mol. The molecule has 0 radical (unpaired) electrons. The van der Waals surface area contributed by atoms with Crippen LogP contribution < -0.4 is 4.74 Å². The zero-order chi connectivity index (χ0) is 26.4. The molecule has 0 aliphatic heterocycles. The van der Waals surface area contributed by atoms with Crippen molar-refractivity contribution in [2.45, 2.75) is 36.1 Å². The summed E-state index contributed by atoms with van der Waals surface area (Å²) in [5, 5.41) is 10.7. The van der Waals surface area contributed by atoms with Crippen LogP contribution in [0.4, 0.5) is 0 Å². The molecule has 4 aromatic rings. The number of benzene rings is 3. The second-order valence-corrected chi connectivity index (χ2v) is 12.3. The molecular weight excluding hydrogens is 496 g/mol. The fourth-order valence-electron chi connectivity index (χ4n) is 3.93. The molecule has 6 heteroatoms. The third-order valence-electron chi connectivity index (χ3n) is 6.06. The van der Waals surface area contributed by atoms with Gasteiger partial charge in [-0.1, -0.05) is 63.2 Å². The largest absolute Gasteiger partial charge is 0.497 e. The van der Waals surface area contributed by atoms with E-state index in [9.17, 15) is 9.47 Å². The maximum atomic E-state index is 13.0. The molecule has 1 unspecified atom stereocenters. The highest BCUT2D eigenvalue weighted by atomic mass is 32.2. The number of rotatable bonds is 8. The van der Waals surface area contributed by atoms with Gasteiger partial charge in [-0.05, 0) is 59.0 Å². The molecule has 4 nitrogen and oxygen atoms in total. The molecule has 4 rings (SSSR count). The Morgan fingerprint density at radius 1 is 0.946 bits per heavy atom. The number of methoxy groups -OCH3 is 1. The van der Waals surface area contributed by atoms with Crippen molar-refractivity contribution in [2.24, 2.45) is 0 Å². The SMILES string of the molecule is COc1ccc(-c2cc(-c3ccccc3)c(C#N)c(SCCS(=O)c3ccc(C(C)(C)C)cc3)n2)cc1. The maximum absolute atomic E-state index is 13.0. The number of nitrogens with zero attached hydrogens (tertiary/aromatic N) is 2. The Morgan fingerprint density at radius 3 is 2.22 bits per heavy atom. The first kappa shape index (κ1) is 26.7. The summed E-state index contributed by atoms with van der Waals surface area (Å²) in [7, 11) is 0.506. The van der Waals surface area contributed by atoms with E-state index in [-0.39, 0.29) is 5.41 Å². The fraction of sp³-hybridized carbons (Fsp3) is 0.226. The van der Waals surface area contributed by atoms with Crippen LogP contribution in [-0.4, -0.2) is 27.8 Å². The zero-order valence-electron chi connectivity index (χ0n) is 21.5. The minimum Gasteiger partial charge on any atom is -0.497 e. The molecule has 37 heavy (non-hydrogen) atoms. The van der Waals surface area contributed by atoms with Gasteiger partial charge in [0.2, 0.25) is 0 Å². The van der Waals surface area contributed by atoms with Gasteiger partial charge in [-0.25, -0.2) is 4.98 Å². The van der Waals surface area contributed by atoms with Crippen LogP contribution >= 0.6 is 11.8 Å². The molecule has 0 spiro atoms. The third kappa shape index (κ3) is 6.49. The number of ether oxygens (including phenoxy) is 1. The summed E-state index contributed by atoms with van der Waals surface area (Å²) in [6.45, 7) is 6.50. The van der Waals surface area contributed by atoms with Gasteiger partial charge in [-0.3, -0.25) is 4.21 Å². The van der Waals surface area contributed by atoms with Crippen LogP contribution in [0.1, 0.15) is 31.9 Å². The second-order valence-electron chi connectivity index (χ2n) is 9.61. The molecule has 3 aromatic carbocycles. The van der Waals surface area contributed by atoms with E-state index in [4.69, 9.17) is 9.72 Å². The van der Waals surface area contributed by atoms with Gasteiger partial charge >= 0.3 is 0 Å². The molecule has 0 fully saturated rings. The summed E-state index contributed by atoms with van der Waals surface area (Å²) in [6.07, 6.45) is 0. The minimum atomic E-state index is -1.13. The predicted octanol–water partition coefficient (Wildman–Crippen LogP) is 7.49. The molecule has 0 aliphatic rings. The van der Waals surface area contributed by atoms with Crippen molar-refractivity contribution in [1.82, 2.24) is 4.98 Å². The van der Waals surface area contributed by atoms with Gasteiger partial charge in [-0.15, -0.1) is 11.8 Å². The molecule has 0 amide bonds. The van der Waals surface area contributed by atoms with Crippen molar-refractivity contribution in [3.63, 3.8) is 0 Å². The van der Waals surface area contributed by atoms with E-state index in [1.807, 2.05) is 72.8 Å². The molecule has 0 saturated carbocycles. The van der Waals surface area contributed by atoms with E-state index in [2.05, 4.69) is 39.0 Å². The Bertz CT molecular complexity index is 1420. The first-order chi connectivity index (χ1) is 17.8. The Balaban J connectivity index is 1.61. The lowest BCUT2D eigenvalue weighted by Crippen LogP contribution is -2.11. The molecule has 0 saturated heterocycles. The quantitative estimate of drug-likeness (QED) is 0.223. The van der Waals surface area contributed by atoms with E-state index in [0.717, 1.165) is 33.0 Å². The normalized spacial score (nSPS) is 12.1. The van der Waals surface area contributed by atoms with E-state index >= 15 is 0 Å². The van der Waals surface area contributed by atoms with Crippen molar-refractivity contribution in [1.29, 1.82) is 5.26 Å². The average molecular weight is 527 g/mol. The van der Waals surface area contributed by atoms with Crippen molar-refractivity contribution in [3.05, 3.63) is 96.1 Å². The van der Waals surface area contributed by atoms with E-state index in [1.165, 1.54) is 17.3 Å². The van der Waals surface area contributed by atoms with E-state index < -0.39 is 10.8 Å². The molecular formula is C31H30N2O2S2. The number of aromatic nitrogens is 1. The van der Waals surface area contributed by atoms with Gasteiger partial charge in [0.05, 0.1) is 29.2 Å². The van der Waals surface area contributed by atoms with E-state index in [0.29, 0.717) is 22.1 Å². The van der Waals surface area contributed by atoms with Crippen molar-refractivity contribution < 1.29 is 8.95 Å². The number of pyridine rings is 1.